The first kappa shape index (κ1) is 11.5. The number of nitrogens with two attached hydrogens (primary N) is 1. The molecule has 0 saturated heterocycles. The fraction of sp³-hybridized carbons (Fsp3) is 0.0909. The van der Waals surface area contributed by atoms with Crippen molar-refractivity contribution in [1.82, 2.24) is 9.95 Å². The Kier molecular flexibility index (Phi) is 3.66. The number of benzene rings is 1. The van der Waals surface area contributed by atoms with Crippen molar-refractivity contribution in [2.75, 3.05) is 0 Å². The Bertz CT molecular complexity index is 446. The molecule has 0 fully saturated rings. The van der Waals surface area contributed by atoms with Gasteiger partial charge < -0.3 is 5.73 Å². The first-order valence-corrected chi connectivity index (χ1v) is 5.87. The zero-order valence-electron chi connectivity index (χ0n) is 8.98. The van der Waals surface area contributed by atoms with E-state index in [1.165, 1.54) is 16.5 Å². The third kappa shape index (κ3) is 3.01. The number of hydrogen-bond acceptors (Lipinski definition) is 5. The zero-order valence-corrected chi connectivity index (χ0v) is 9.80. The number of hydrogen-bond donors (Lipinski definition) is 2. The van der Waals surface area contributed by atoms with Crippen LogP contribution in [0.25, 0.3) is 0 Å². The van der Waals surface area contributed by atoms with Crippen LogP contribution < -0.4 is 11.2 Å². The highest BCUT2D eigenvalue weighted by Gasteiger charge is 2.22. The topological polar surface area (TPSA) is 70.7 Å². The fourth-order valence-corrected chi connectivity index (χ4v) is 2.16. The van der Waals surface area contributed by atoms with E-state index in [0.29, 0.717) is 0 Å². The minimum Gasteiger partial charge on any atom is -0.368 e. The maximum atomic E-state index is 11.5. The van der Waals surface area contributed by atoms with Gasteiger partial charge in [-0.15, -0.1) is 4.52 Å². The molecule has 5 nitrogen and oxygen atoms in total. The highest BCUT2D eigenvalue weighted by atomic mass is 32.2. The first-order valence-electron chi connectivity index (χ1n) is 5.04. The number of carbonyl (C=O) groups excluding carboxylic acids is 1. The summed E-state index contributed by atoms with van der Waals surface area (Å²) in [5.41, 5.74) is 9.14. The summed E-state index contributed by atoms with van der Waals surface area (Å²) in [6.07, 6.45) is 5.12. The van der Waals surface area contributed by atoms with Crippen molar-refractivity contribution in [2.45, 2.75) is 5.25 Å². The van der Waals surface area contributed by atoms with E-state index in [0.717, 1.165) is 5.56 Å². The second-order valence-electron chi connectivity index (χ2n) is 3.32. The molecule has 1 heterocycles. The maximum absolute atomic E-state index is 11.5. The number of carbonyl (C=O) groups is 1. The summed E-state index contributed by atoms with van der Waals surface area (Å²) in [7, 11) is 0. The lowest BCUT2D eigenvalue weighted by Crippen LogP contribution is -2.29. The molecule has 17 heavy (non-hydrogen) atoms. The molecule has 2 rings (SSSR count). The van der Waals surface area contributed by atoms with Crippen molar-refractivity contribution in [3.63, 3.8) is 0 Å². The van der Waals surface area contributed by atoms with Crippen molar-refractivity contribution in [1.29, 1.82) is 0 Å². The van der Waals surface area contributed by atoms with Crippen LogP contribution in [0.4, 0.5) is 0 Å². The number of amides is 1. The van der Waals surface area contributed by atoms with Gasteiger partial charge in [-0.25, -0.2) is 0 Å². The Morgan fingerprint density at radius 2 is 2.18 bits per heavy atom. The summed E-state index contributed by atoms with van der Waals surface area (Å²) in [4.78, 5) is 11.5. The molecule has 0 aliphatic carbocycles. The van der Waals surface area contributed by atoms with Gasteiger partial charge >= 0.3 is 0 Å². The lowest BCUT2D eigenvalue weighted by molar-refractivity contribution is -0.117. The molecule has 88 valence electrons. The van der Waals surface area contributed by atoms with Crippen LogP contribution >= 0.6 is 11.9 Å². The number of primary amides is 1. The molecule has 3 N–H and O–H groups in total. The third-order valence-corrected chi connectivity index (χ3v) is 3.22. The molecule has 1 amide bonds. The molecule has 1 aromatic rings. The lowest BCUT2D eigenvalue weighted by Gasteiger charge is -2.22. The SMILES string of the molecule is NC(=O)C(SN1N=CC=CN1)c1ccccc1. The number of hydrazone groups is 1. The van der Waals surface area contributed by atoms with Crippen molar-refractivity contribution in [3.8, 4) is 0 Å². The van der Waals surface area contributed by atoms with Gasteiger partial charge in [0.05, 0.1) is 6.21 Å². The molecular weight excluding hydrogens is 236 g/mol. The largest absolute Gasteiger partial charge is 0.368 e. The van der Waals surface area contributed by atoms with E-state index in [2.05, 4.69) is 10.5 Å². The Balaban J connectivity index is 2.11. The maximum Gasteiger partial charge on any atom is 0.237 e. The Morgan fingerprint density at radius 1 is 1.41 bits per heavy atom. The van der Waals surface area contributed by atoms with Gasteiger partial charge in [0.25, 0.3) is 0 Å². The predicted molar refractivity (Wildman–Crippen MR) is 68.6 cm³/mol. The van der Waals surface area contributed by atoms with Crippen molar-refractivity contribution in [3.05, 3.63) is 48.2 Å². The molecule has 1 atom stereocenters. The first-order chi connectivity index (χ1) is 8.27. The van der Waals surface area contributed by atoms with E-state index in [-0.39, 0.29) is 0 Å². The Labute approximate surface area is 103 Å². The number of rotatable bonds is 4. The van der Waals surface area contributed by atoms with Gasteiger partial charge in [-0.2, -0.15) is 5.10 Å². The molecule has 1 unspecified atom stereocenters. The van der Waals surface area contributed by atoms with Crippen LogP contribution in [0.1, 0.15) is 10.8 Å². The molecule has 0 aromatic heterocycles. The van der Waals surface area contributed by atoms with Crippen LogP contribution in [0.15, 0.2) is 47.7 Å². The normalized spacial score (nSPS) is 15.4. The van der Waals surface area contributed by atoms with Gasteiger partial charge in [-0.05, 0) is 11.6 Å². The molecule has 0 radical (unpaired) electrons. The molecule has 1 aliphatic rings. The number of allylic oxidation sites excluding steroid dienone is 1. The van der Waals surface area contributed by atoms with Gasteiger partial charge in [-0.3, -0.25) is 10.2 Å². The number of nitrogens with one attached hydrogen (secondary N) is 1. The molecule has 1 aliphatic heterocycles. The molecule has 0 bridgehead atoms. The monoisotopic (exact) mass is 248 g/mol. The second-order valence-corrected chi connectivity index (χ2v) is 4.35. The van der Waals surface area contributed by atoms with Gasteiger partial charge in [-0.1, -0.05) is 30.3 Å². The van der Waals surface area contributed by atoms with E-state index in [9.17, 15) is 4.79 Å². The molecule has 1 aromatic carbocycles. The second kappa shape index (κ2) is 5.40. The summed E-state index contributed by atoms with van der Waals surface area (Å²) in [6, 6.07) is 9.38. The standard InChI is InChI=1S/C11H12N4OS/c12-11(16)10(9-5-2-1-3-6-9)17-15-13-7-4-8-14-15/h1-8,10,13H,(H2,12,16). The summed E-state index contributed by atoms with van der Waals surface area (Å²) in [5, 5.41) is 3.58. The number of nitrogens with zero attached hydrogens (tertiary/aromatic N) is 2. The van der Waals surface area contributed by atoms with Crippen LogP contribution in [0.2, 0.25) is 0 Å². The fourth-order valence-electron chi connectivity index (χ4n) is 1.34. The van der Waals surface area contributed by atoms with Crippen LogP contribution in [0.5, 0.6) is 0 Å². The van der Waals surface area contributed by atoms with E-state index in [4.69, 9.17) is 5.73 Å². The van der Waals surface area contributed by atoms with Gasteiger partial charge in [0.15, 0.2) is 0 Å². The Morgan fingerprint density at radius 3 is 2.76 bits per heavy atom. The summed E-state index contributed by atoms with van der Waals surface area (Å²) < 4.78 is 1.50. The zero-order chi connectivity index (χ0) is 12.1. The van der Waals surface area contributed by atoms with Crippen LogP contribution in [0.3, 0.4) is 0 Å². The van der Waals surface area contributed by atoms with Crippen molar-refractivity contribution < 1.29 is 4.79 Å². The quantitative estimate of drug-likeness (QED) is 0.785. The predicted octanol–water partition coefficient (Wildman–Crippen LogP) is 1.18. The molecular formula is C11H12N4OS. The van der Waals surface area contributed by atoms with Crippen molar-refractivity contribution >= 4 is 24.1 Å². The van der Waals surface area contributed by atoms with Crippen LogP contribution in [-0.4, -0.2) is 16.6 Å². The lowest BCUT2D eigenvalue weighted by atomic mass is 10.1. The number of hydrazine groups is 1. The van der Waals surface area contributed by atoms with Crippen LogP contribution in [-0.2, 0) is 4.79 Å². The van der Waals surface area contributed by atoms with Crippen LogP contribution in [0, 0.1) is 0 Å². The highest BCUT2D eigenvalue weighted by Crippen LogP contribution is 2.30. The van der Waals surface area contributed by atoms with Gasteiger partial charge in [0.2, 0.25) is 5.91 Å². The highest BCUT2D eigenvalue weighted by molar-refractivity contribution is 7.97. The average molecular weight is 248 g/mol. The third-order valence-electron chi connectivity index (χ3n) is 2.10. The van der Waals surface area contributed by atoms with Gasteiger partial charge in [0, 0.05) is 18.1 Å². The van der Waals surface area contributed by atoms with E-state index in [1.54, 1.807) is 18.5 Å². The van der Waals surface area contributed by atoms with E-state index < -0.39 is 11.2 Å². The van der Waals surface area contributed by atoms with Gasteiger partial charge in [0.1, 0.15) is 5.25 Å². The summed E-state index contributed by atoms with van der Waals surface area (Å²) in [5.74, 6) is -0.396. The minimum absolute atomic E-state index is 0.396. The molecule has 0 spiro atoms. The summed E-state index contributed by atoms with van der Waals surface area (Å²) in [6.45, 7) is 0. The molecule has 0 saturated carbocycles. The smallest absolute Gasteiger partial charge is 0.237 e. The average Bonchev–Trinajstić information content (AvgIpc) is 2.38. The summed E-state index contributed by atoms with van der Waals surface area (Å²) >= 11 is 1.23. The Hall–Kier alpha value is -1.95. The minimum atomic E-state index is -0.465. The van der Waals surface area contributed by atoms with E-state index >= 15 is 0 Å². The van der Waals surface area contributed by atoms with Crippen molar-refractivity contribution in [2.24, 2.45) is 10.8 Å². The molecule has 6 heteroatoms. The van der Waals surface area contributed by atoms with E-state index in [1.807, 2.05) is 30.3 Å².